The minimum atomic E-state index is -4.90. The van der Waals surface area contributed by atoms with Gasteiger partial charge in [-0.3, -0.25) is 4.79 Å². The summed E-state index contributed by atoms with van der Waals surface area (Å²) in [6.07, 6.45) is -4.90. The van der Waals surface area contributed by atoms with Crippen LogP contribution in [0.5, 0.6) is 11.6 Å². The van der Waals surface area contributed by atoms with E-state index >= 15 is 0 Å². The fourth-order valence-corrected chi connectivity index (χ4v) is 2.19. The highest BCUT2D eigenvalue weighted by atomic mass is 35.5. The van der Waals surface area contributed by atoms with Gasteiger partial charge in [-0.05, 0) is 43.6 Å². The summed E-state index contributed by atoms with van der Waals surface area (Å²) in [6, 6.07) is 7.18. The van der Waals surface area contributed by atoms with Crippen molar-refractivity contribution in [3.05, 3.63) is 52.7 Å². The van der Waals surface area contributed by atoms with Crippen molar-refractivity contribution >= 4 is 16.8 Å². The monoisotopic (exact) mass is 359 g/mol. The highest BCUT2D eigenvalue weighted by Crippen LogP contribution is 2.30. The number of carbonyl (C=O) groups is 1. The minimum absolute atomic E-state index is 0.0995. The van der Waals surface area contributed by atoms with E-state index in [1.54, 1.807) is 26.0 Å². The van der Waals surface area contributed by atoms with Gasteiger partial charge in [0.2, 0.25) is 5.88 Å². The van der Waals surface area contributed by atoms with Gasteiger partial charge in [-0.2, -0.15) is 0 Å². The van der Waals surface area contributed by atoms with Crippen LogP contribution in [0.2, 0.25) is 0 Å². The maximum absolute atomic E-state index is 12.5. The van der Waals surface area contributed by atoms with E-state index < -0.39 is 17.4 Å². The summed E-state index contributed by atoms with van der Waals surface area (Å²) in [5, 5.41) is -0.907. The molecule has 0 unspecified atom stereocenters. The van der Waals surface area contributed by atoms with Gasteiger partial charge in [-0.25, -0.2) is 4.98 Å². The Kier molecular flexibility index (Phi) is 5.33. The molecule has 1 aromatic heterocycles. The number of hydrogen-bond acceptors (Lipinski definition) is 4. The average molecular weight is 360 g/mol. The summed E-state index contributed by atoms with van der Waals surface area (Å²) < 4.78 is 47.1. The van der Waals surface area contributed by atoms with Gasteiger partial charge in [-0.15, -0.1) is 13.2 Å². The Balaban J connectivity index is 2.36. The highest BCUT2D eigenvalue weighted by molar-refractivity contribution is 6.68. The molecule has 128 valence electrons. The maximum Gasteiger partial charge on any atom is 0.573 e. The van der Waals surface area contributed by atoms with Crippen molar-refractivity contribution in [2.24, 2.45) is 0 Å². The predicted octanol–water partition coefficient (Wildman–Crippen LogP) is 4.56. The molecular formula is C16H13ClF3NO3. The molecule has 2 rings (SSSR count). The van der Waals surface area contributed by atoms with Crippen LogP contribution in [0.15, 0.2) is 30.3 Å². The molecule has 4 nitrogen and oxygen atoms in total. The molecule has 8 heteroatoms. The fourth-order valence-electron chi connectivity index (χ4n) is 2.01. The van der Waals surface area contributed by atoms with Gasteiger partial charge in [0.15, 0.2) is 0 Å². The van der Waals surface area contributed by atoms with Crippen LogP contribution >= 0.6 is 11.6 Å². The maximum atomic E-state index is 12.5. The summed E-state index contributed by atoms with van der Waals surface area (Å²) in [5.41, 5.74) is 1.17. The molecule has 1 heterocycles. The summed E-state index contributed by atoms with van der Waals surface area (Å²) in [5.74, 6) is -0.288. The number of rotatable bonds is 5. The summed E-state index contributed by atoms with van der Waals surface area (Å²) in [6.45, 7) is 3.14. The van der Waals surface area contributed by atoms with Crippen LogP contribution in [0.25, 0.3) is 0 Å². The molecule has 1 aromatic carbocycles. The molecule has 0 radical (unpaired) electrons. The number of halogens is 4. The lowest BCUT2D eigenvalue weighted by atomic mass is 10.1. The lowest BCUT2D eigenvalue weighted by Crippen LogP contribution is -2.19. The lowest BCUT2D eigenvalue weighted by molar-refractivity contribution is -0.275. The third kappa shape index (κ3) is 4.61. The van der Waals surface area contributed by atoms with Crippen LogP contribution in [0.4, 0.5) is 13.2 Å². The van der Waals surface area contributed by atoms with Crippen LogP contribution in [0.3, 0.4) is 0 Å². The molecule has 0 atom stereocenters. The van der Waals surface area contributed by atoms with E-state index in [-0.39, 0.29) is 23.6 Å². The number of alkyl halides is 3. The van der Waals surface area contributed by atoms with E-state index in [4.69, 9.17) is 16.3 Å². The van der Waals surface area contributed by atoms with Gasteiger partial charge in [0.1, 0.15) is 12.4 Å². The fraction of sp³-hybridized carbons (Fsp3) is 0.250. The summed E-state index contributed by atoms with van der Waals surface area (Å²) >= 11 is 5.44. The quantitative estimate of drug-likeness (QED) is 0.734. The van der Waals surface area contributed by atoms with Crippen molar-refractivity contribution < 1.29 is 27.4 Å². The van der Waals surface area contributed by atoms with Gasteiger partial charge in [0.25, 0.3) is 5.24 Å². The molecule has 0 N–H and O–H groups in total. The molecule has 0 aliphatic carbocycles. The van der Waals surface area contributed by atoms with Crippen molar-refractivity contribution in [3.8, 4) is 11.6 Å². The van der Waals surface area contributed by atoms with E-state index in [0.717, 1.165) is 6.07 Å². The largest absolute Gasteiger partial charge is 0.573 e. The van der Waals surface area contributed by atoms with Crippen molar-refractivity contribution in [1.29, 1.82) is 0 Å². The second-order valence-electron chi connectivity index (χ2n) is 4.97. The molecule has 0 aliphatic heterocycles. The van der Waals surface area contributed by atoms with E-state index in [1.165, 1.54) is 12.1 Å². The number of aromatic nitrogens is 1. The number of benzene rings is 1. The Labute approximate surface area is 141 Å². The van der Waals surface area contributed by atoms with Crippen molar-refractivity contribution in [1.82, 2.24) is 4.98 Å². The number of nitrogens with zero attached hydrogens (tertiary/aromatic N) is 1. The van der Waals surface area contributed by atoms with Crippen LogP contribution in [-0.4, -0.2) is 16.6 Å². The number of carbonyl (C=O) groups excluding carboxylic acids is 1. The first-order valence-corrected chi connectivity index (χ1v) is 7.19. The topological polar surface area (TPSA) is 48.4 Å². The second-order valence-corrected chi connectivity index (χ2v) is 5.31. The van der Waals surface area contributed by atoms with Gasteiger partial charge in [0, 0.05) is 22.4 Å². The minimum Gasteiger partial charge on any atom is -0.472 e. The molecule has 24 heavy (non-hydrogen) atoms. The summed E-state index contributed by atoms with van der Waals surface area (Å²) in [4.78, 5) is 15.6. The Bertz CT molecular complexity index is 763. The molecular weight excluding hydrogens is 347 g/mol. The van der Waals surface area contributed by atoms with Gasteiger partial charge in [0.05, 0.1) is 0 Å². The zero-order valence-electron chi connectivity index (χ0n) is 12.8. The average Bonchev–Trinajstić information content (AvgIpc) is 2.47. The van der Waals surface area contributed by atoms with Gasteiger partial charge < -0.3 is 9.47 Å². The lowest BCUT2D eigenvalue weighted by Gasteiger charge is -2.16. The standard InChI is InChI=1S/C16H13ClF3NO3/c1-9-6-7-10(2)21-15(9)23-8-12-11(14(17)22)4-3-5-13(12)24-16(18,19)20/h3-7H,8H2,1-2H3. The van der Waals surface area contributed by atoms with Crippen molar-refractivity contribution in [2.45, 2.75) is 26.8 Å². The second kappa shape index (κ2) is 7.09. The Hall–Kier alpha value is -2.28. The van der Waals surface area contributed by atoms with E-state index in [1.807, 2.05) is 0 Å². The van der Waals surface area contributed by atoms with Crippen LogP contribution in [0, 0.1) is 13.8 Å². The van der Waals surface area contributed by atoms with Crippen LogP contribution in [-0.2, 0) is 6.61 Å². The molecule has 0 fully saturated rings. The molecule has 0 saturated heterocycles. The van der Waals surface area contributed by atoms with Crippen LogP contribution < -0.4 is 9.47 Å². The first-order chi connectivity index (χ1) is 11.2. The van der Waals surface area contributed by atoms with E-state index in [9.17, 15) is 18.0 Å². The summed E-state index contributed by atoms with van der Waals surface area (Å²) in [7, 11) is 0. The smallest absolute Gasteiger partial charge is 0.472 e. The molecule has 0 bridgehead atoms. The van der Waals surface area contributed by atoms with Crippen molar-refractivity contribution in [2.75, 3.05) is 0 Å². The number of aryl methyl sites for hydroxylation is 2. The molecule has 0 amide bonds. The molecule has 2 aromatic rings. The normalized spacial score (nSPS) is 11.2. The number of ether oxygens (including phenoxy) is 2. The zero-order chi connectivity index (χ0) is 17.9. The van der Waals surface area contributed by atoms with E-state index in [0.29, 0.717) is 11.3 Å². The SMILES string of the molecule is Cc1ccc(C)c(OCc2c(OC(F)(F)F)cccc2C(=O)Cl)n1. The van der Waals surface area contributed by atoms with Gasteiger partial charge in [-0.1, -0.05) is 12.1 Å². The molecule has 0 aliphatic rings. The van der Waals surface area contributed by atoms with Crippen molar-refractivity contribution in [3.63, 3.8) is 0 Å². The Morgan fingerprint density at radius 3 is 2.54 bits per heavy atom. The van der Waals surface area contributed by atoms with Crippen LogP contribution in [0.1, 0.15) is 27.2 Å². The first kappa shape index (κ1) is 18.1. The Morgan fingerprint density at radius 1 is 1.21 bits per heavy atom. The third-order valence-corrected chi connectivity index (χ3v) is 3.32. The molecule has 0 spiro atoms. The highest BCUT2D eigenvalue weighted by Gasteiger charge is 2.33. The predicted molar refractivity (Wildman–Crippen MR) is 81.4 cm³/mol. The number of pyridine rings is 1. The Morgan fingerprint density at radius 2 is 1.92 bits per heavy atom. The number of hydrogen-bond donors (Lipinski definition) is 0. The molecule has 0 saturated carbocycles. The zero-order valence-corrected chi connectivity index (χ0v) is 13.5. The third-order valence-electron chi connectivity index (χ3n) is 3.11. The van der Waals surface area contributed by atoms with Gasteiger partial charge >= 0.3 is 6.36 Å². The van der Waals surface area contributed by atoms with E-state index in [2.05, 4.69) is 9.72 Å². The first-order valence-electron chi connectivity index (χ1n) is 6.82.